The number of nitrogens with zero attached hydrogens (tertiary/aromatic N) is 6. The van der Waals surface area contributed by atoms with Gasteiger partial charge in [0.05, 0.1) is 42.3 Å². The van der Waals surface area contributed by atoms with Crippen LogP contribution in [0.4, 0.5) is 0 Å². The van der Waals surface area contributed by atoms with E-state index in [-0.39, 0.29) is 55.0 Å². The molecule has 0 aliphatic carbocycles. The number of benzene rings is 2. The van der Waals surface area contributed by atoms with E-state index in [1.807, 2.05) is 82.3 Å². The predicted molar refractivity (Wildman–Crippen MR) is 268 cm³/mol. The Balaban J connectivity index is 0.000000590. The third-order valence-corrected chi connectivity index (χ3v) is 13.1. The van der Waals surface area contributed by atoms with Crippen molar-refractivity contribution in [3.05, 3.63) is 90.3 Å². The van der Waals surface area contributed by atoms with Crippen LogP contribution in [0.5, 0.6) is 0 Å². The fraction of sp³-hybridized carbons (Fsp3) is 0.500. The van der Waals surface area contributed by atoms with Gasteiger partial charge in [0.15, 0.2) is 0 Å². The van der Waals surface area contributed by atoms with E-state index in [1.165, 1.54) is 11.0 Å². The number of ether oxygens (including phenoxy) is 2. The van der Waals surface area contributed by atoms with Crippen LogP contribution in [0.1, 0.15) is 83.7 Å². The number of esters is 1. The van der Waals surface area contributed by atoms with Crippen molar-refractivity contribution in [1.29, 1.82) is 5.26 Å². The van der Waals surface area contributed by atoms with E-state index >= 15 is 0 Å². The van der Waals surface area contributed by atoms with Gasteiger partial charge in [-0.2, -0.15) is 5.26 Å². The number of carbonyl (C=O) groups excluding carboxylic acids is 5. The standard InChI is InChI=1S/C45H62N6O5.C9H10N2O2/c1-11-51-39-20-19-33(32-16-12-15-31(23-32)24-34(27-52)47-43(53)41(29(2)3)49(7)8)25-36(39)37(42(51)35-17-13-21-46-40(35)30(4)55-10)26-45(5,6)28-56-44(54)38-18-14-22-50(9)48-38;1-2-8(13)11-4-3-9(5-10,6-11)7-12/h12-13,15-17,19-21,23,25,27,29-30,34,38,41,48H,11,14,18,22,24,26,28H2,1-10H3,(H,47,53);2,7H,1,3-4,6H2/t30?,34?,38-,41?;/m0./s1. The van der Waals surface area contributed by atoms with Crippen LogP contribution in [0.25, 0.3) is 33.3 Å². The maximum atomic E-state index is 13.2. The number of nitriles is 1. The Labute approximate surface area is 408 Å². The minimum Gasteiger partial charge on any atom is -0.464 e. The summed E-state index contributed by atoms with van der Waals surface area (Å²) < 4.78 is 14.2. The molecule has 2 aliphatic rings. The number of hydrogen-bond donors (Lipinski definition) is 2. The van der Waals surface area contributed by atoms with Gasteiger partial charge in [-0.1, -0.05) is 64.6 Å². The number of rotatable bonds is 19. The van der Waals surface area contributed by atoms with Crippen molar-refractivity contribution < 1.29 is 33.4 Å². The molecule has 0 saturated carbocycles. The zero-order chi connectivity index (χ0) is 50.6. The molecule has 2 aliphatic heterocycles. The van der Waals surface area contributed by atoms with E-state index in [9.17, 15) is 24.0 Å². The fourth-order valence-electron chi connectivity index (χ4n) is 9.50. The molecule has 4 heterocycles. The van der Waals surface area contributed by atoms with Gasteiger partial charge in [-0.05, 0) is 119 Å². The highest BCUT2D eigenvalue weighted by atomic mass is 16.5. The molecule has 4 aromatic rings. The first-order chi connectivity index (χ1) is 32.8. The Morgan fingerprint density at radius 1 is 1.09 bits per heavy atom. The van der Waals surface area contributed by atoms with Gasteiger partial charge in [0.2, 0.25) is 11.8 Å². The van der Waals surface area contributed by atoms with E-state index in [0.29, 0.717) is 32.1 Å². The van der Waals surface area contributed by atoms with E-state index < -0.39 is 16.9 Å². The second-order valence-corrected chi connectivity index (χ2v) is 19.7. The predicted octanol–water partition coefficient (Wildman–Crippen LogP) is 6.73. The summed E-state index contributed by atoms with van der Waals surface area (Å²) in [7, 11) is 7.41. The Hall–Kier alpha value is -6.05. The lowest BCUT2D eigenvalue weighted by molar-refractivity contribution is -0.152. The topological polar surface area (TPSA) is 179 Å². The number of amides is 2. The van der Waals surface area contributed by atoms with Crippen LogP contribution in [-0.2, 0) is 52.8 Å². The normalized spacial score (nSPS) is 18.7. The molecule has 4 unspecified atom stereocenters. The van der Waals surface area contributed by atoms with Crippen LogP contribution in [0.2, 0.25) is 0 Å². The van der Waals surface area contributed by atoms with Gasteiger partial charge in [0.25, 0.3) is 0 Å². The number of likely N-dealkylation sites (N-methyl/N-ethyl adjacent to an activating group) is 1. The van der Waals surface area contributed by atoms with E-state index in [0.717, 1.165) is 82.3 Å². The van der Waals surface area contributed by atoms with Crippen molar-refractivity contribution in [1.82, 2.24) is 35.1 Å². The molecule has 2 aromatic heterocycles. The average Bonchev–Trinajstić information content (AvgIpc) is 3.91. The minimum atomic E-state index is -0.987. The van der Waals surface area contributed by atoms with Crippen molar-refractivity contribution in [2.75, 3.05) is 54.5 Å². The highest BCUT2D eigenvalue weighted by molar-refractivity contribution is 5.95. The summed E-state index contributed by atoms with van der Waals surface area (Å²) >= 11 is 0. The molecule has 5 atom stereocenters. The van der Waals surface area contributed by atoms with Crippen LogP contribution in [0.15, 0.2) is 73.4 Å². The summed E-state index contributed by atoms with van der Waals surface area (Å²) in [6.07, 6.45) is 7.36. The number of pyridine rings is 1. The van der Waals surface area contributed by atoms with Gasteiger partial charge in [0.1, 0.15) is 24.0 Å². The number of likely N-dealkylation sites (tertiary alicyclic amines) is 1. The third kappa shape index (κ3) is 13.2. The first kappa shape index (κ1) is 53.9. The maximum absolute atomic E-state index is 13.2. The second kappa shape index (κ2) is 24.0. The molecule has 15 heteroatoms. The number of carbonyl (C=O) groups is 5. The molecule has 0 spiro atoms. The fourth-order valence-corrected chi connectivity index (χ4v) is 9.50. The number of hydrogen-bond acceptors (Lipinski definition) is 12. The lowest BCUT2D eigenvalue weighted by Gasteiger charge is -2.31. The van der Waals surface area contributed by atoms with Crippen LogP contribution in [0, 0.1) is 28.1 Å². The molecule has 0 bridgehead atoms. The highest BCUT2D eigenvalue weighted by Gasteiger charge is 2.39. The zero-order valence-electron chi connectivity index (χ0n) is 42.2. The number of methoxy groups -OCH3 is 1. The van der Waals surface area contributed by atoms with Crippen molar-refractivity contribution in [2.45, 2.75) is 104 Å². The summed E-state index contributed by atoms with van der Waals surface area (Å²) in [6.45, 7) is 18.4. The van der Waals surface area contributed by atoms with Crippen LogP contribution >= 0.6 is 0 Å². The Bertz CT molecular complexity index is 2500. The molecule has 15 nitrogen and oxygen atoms in total. The first-order valence-corrected chi connectivity index (χ1v) is 23.9. The molecule has 2 N–H and O–H groups in total. The molecule has 2 saturated heterocycles. The quantitative estimate of drug-likeness (QED) is 0.0576. The molecule has 2 aromatic carbocycles. The summed E-state index contributed by atoms with van der Waals surface area (Å²) in [5, 5.41) is 14.8. The van der Waals surface area contributed by atoms with Crippen molar-refractivity contribution in [3.63, 3.8) is 0 Å². The van der Waals surface area contributed by atoms with Gasteiger partial charge in [-0.25, -0.2) is 10.4 Å². The van der Waals surface area contributed by atoms with Gasteiger partial charge in [0, 0.05) is 68.4 Å². The number of aromatic nitrogens is 2. The molecule has 69 heavy (non-hydrogen) atoms. The maximum Gasteiger partial charge on any atom is 0.324 e. The number of aldehydes is 2. The van der Waals surface area contributed by atoms with Crippen molar-refractivity contribution >= 4 is 41.3 Å². The number of hydrazine groups is 1. The number of fused-ring (bicyclic) bond motifs is 1. The SMILES string of the molecule is C=CC(=O)N1CCC(C#N)(C=O)C1.CCn1c(-c2cccnc2C(C)OC)c(CC(C)(C)COC(=O)[C@@H]2CCCN(C)N2)c2cc(-c3cccc(CC(C=O)NC(=O)C(C(C)C)N(C)C)c3)ccc21. The Morgan fingerprint density at radius 2 is 1.83 bits per heavy atom. The smallest absolute Gasteiger partial charge is 0.324 e. The molecule has 0 radical (unpaired) electrons. The molecular weight excluding hydrogens is 873 g/mol. The summed E-state index contributed by atoms with van der Waals surface area (Å²) in [6, 6.07) is 19.5. The highest BCUT2D eigenvalue weighted by Crippen LogP contribution is 2.42. The minimum absolute atomic E-state index is 0.0957. The van der Waals surface area contributed by atoms with Crippen LogP contribution < -0.4 is 10.7 Å². The molecule has 6 rings (SSSR count). The lowest BCUT2D eigenvalue weighted by Crippen LogP contribution is -2.51. The van der Waals surface area contributed by atoms with E-state index in [2.05, 4.69) is 79.1 Å². The van der Waals surface area contributed by atoms with E-state index in [4.69, 9.17) is 19.7 Å². The van der Waals surface area contributed by atoms with Crippen LogP contribution in [0.3, 0.4) is 0 Å². The second-order valence-electron chi connectivity index (χ2n) is 19.7. The van der Waals surface area contributed by atoms with Crippen molar-refractivity contribution in [2.24, 2.45) is 16.7 Å². The van der Waals surface area contributed by atoms with Gasteiger partial charge in [-0.15, -0.1) is 0 Å². The number of aryl methyl sites for hydroxylation is 1. The molecule has 2 fully saturated rings. The summed E-state index contributed by atoms with van der Waals surface area (Å²) in [5.41, 5.74) is 10.1. The van der Waals surface area contributed by atoms with Crippen molar-refractivity contribution in [3.8, 4) is 28.5 Å². The Morgan fingerprint density at radius 3 is 2.43 bits per heavy atom. The molecule has 370 valence electrons. The number of nitrogens with one attached hydrogen (secondary N) is 2. The average molecular weight is 945 g/mol. The summed E-state index contributed by atoms with van der Waals surface area (Å²) in [4.78, 5) is 68.5. The molecule has 2 amide bonds. The first-order valence-electron chi connectivity index (χ1n) is 23.9. The lowest BCUT2D eigenvalue weighted by atomic mass is 9.84. The van der Waals surface area contributed by atoms with Gasteiger partial charge in [-0.3, -0.25) is 24.3 Å². The Kier molecular flexibility index (Phi) is 18.7. The van der Waals surface area contributed by atoms with Gasteiger partial charge >= 0.3 is 5.97 Å². The van der Waals surface area contributed by atoms with Gasteiger partial charge < -0.3 is 33.8 Å². The largest absolute Gasteiger partial charge is 0.464 e. The third-order valence-electron chi connectivity index (χ3n) is 13.1. The van der Waals surface area contributed by atoms with Crippen LogP contribution in [-0.4, -0.2) is 127 Å². The summed E-state index contributed by atoms with van der Waals surface area (Å²) in [5.74, 6) is -0.502. The molecular formula is C54H72N8O7. The zero-order valence-corrected chi connectivity index (χ0v) is 42.2. The van der Waals surface area contributed by atoms with E-state index in [1.54, 1.807) is 7.11 Å². The monoisotopic (exact) mass is 945 g/mol.